The fourth-order valence-electron chi connectivity index (χ4n) is 2.82. The molecule has 0 aliphatic carbocycles. The van der Waals surface area contributed by atoms with E-state index in [0.29, 0.717) is 25.9 Å². The summed E-state index contributed by atoms with van der Waals surface area (Å²) < 4.78 is 63.6. The van der Waals surface area contributed by atoms with Crippen LogP contribution in [-0.4, -0.2) is 59.6 Å². The van der Waals surface area contributed by atoms with E-state index in [1.165, 1.54) is 16.4 Å². The van der Waals surface area contributed by atoms with Gasteiger partial charge in [0.25, 0.3) is 20.3 Å². The van der Waals surface area contributed by atoms with E-state index in [1.54, 1.807) is 26.0 Å². The van der Waals surface area contributed by atoms with Crippen molar-refractivity contribution in [2.24, 2.45) is 0 Å². The standard InChI is InChI=1S/C17H28N2O6S2/c1-4-19(5-2)27(22,23)18-15-8-9-16(24-12-15)13-25-26(20,21)17-10-6-14(3)7-11-17/h6-7,10-11,15-16,18H,4-5,8-9,12-13H2,1-3H3/t15-,16+/m1/s1. The van der Waals surface area contributed by atoms with Crippen molar-refractivity contribution >= 4 is 20.3 Å². The van der Waals surface area contributed by atoms with Crippen LogP contribution in [-0.2, 0) is 29.2 Å². The van der Waals surface area contributed by atoms with E-state index >= 15 is 0 Å². The van der Waals surface area contributed by atoms with E-state index in [0.717, 1.165) is 5.56 Å². The lowest BCUT2D eigenvalue weighted by Gasteiger charge is -2.30. The maximum atomic E-state index is 12.2. The summed E-state index contributed by atoms with van der Waals surface area (Å²) in [4.78, 5) is 0.105. The highest BCUT2D eigenvalue weighted by molar-refractivity contribution is 7.87. The predicted octanol–water partition coefficient (Wildman–Crippen LogP) is 1.42. The highest BCUT2D eigenvalue weighted by Crippen LogP contribution is 2.19. The van der Waals surface area contributed by atoms with E-state index in [1.807, 2.05) is 6.92 Å². The molecule has 1 aliphatic rings. The Bertz CT molecular complexity index is 796. The van der Waals surface area contributed by atoms with Crippen molar-refractivity contribution in [1.29, 1.82) is 0 Å². The second kappa shape index (κ2) is 9.44. The number of hydrogen-bond acceptors (Lipinski definition) is 6. The van der Waals surface area contributed by atoms with Crippen LogP contribution >= 0.6 is 0 Å². The SMILES string of the molecule is CCN(CC)S(=O)(=O)N[C@@H]1CC[C@@H](COS(=O)(=O)c2ccc(C)cc2)OC1. The van der Waals surface area contributed by atoms with Crippen molar-refractivity contribution in [2.45, 2.75) is 50.7 Å². The number of benzene rings is 1. The number of aryl methyl sites for hydroxylation is 1. The Morgan fingerprint density at radius 2 is 1.74 bits per heavy atom. The summed E-state index contributed by atoms with van der Waals surface area (Å²) in [5.41, 5.74) is 0.961. The van der Waals surface area contributed by atoms with Crippen LogP contribution in [0.2, 0.25) is 0 Å². The number of nitrogens with one attached hydrogen (secondary N) is 1. The van der Waals surface area contributed by atoms with Crippen molar-refractivity contribution in [1.82, 2.24) is 9.03 Å². The van der Waals surface area contributed by atoms with E-state index < -0.39 is 20.3 Å². The molecule has 1 N–H and O–H groups in total. The lowest BCUT2D eigenvalue weighted by molar-refractivity contribution is -0.0214. The van der Waals surface area contributed by atoms with E-state index in [4.69, 9.17) is 8.92 Å². The van der Waals surface area contributed by atoms with Crippen molar-refractivity contribution in [3.63, 3.8) is 0 Å². The third kappa shape index (κ3) is 6.23. The van der Waals surface area contributed by atoms with Crippen LogP contribution in [0.1, 0.15) is 32.3 Å². The molecule has 1 aromatic carbocycles. The molecule has 27 heavy (non-hydrogen) atoms. The third-order valence-electron chi connectivity index (χ3n) is 4.45. The van der Waals surface area contributed by atoms with Gasteiger partial charge in [-0.1, -0.05) is 31.5 Å². The summed E-state index contributed by atoms with van der Waals surface area (Å²) in [6.45, 7) is 6.31. The van der Waals surface area contributed by atoms with Crippen molar-refractivity contribution in [3.05, 3.63) is 29.8 Å². The molecule has 1 saturated heterocycles. The Morgan fingerprint density at radius 3 is 2.26 bits per heavy atom. The van der Waals surface area contributed by atoms with Crippen LogP contribution < -0.4 is 4.72 Å². The van der Waals surface area contributed by atoms with Gasteiger partial charge in [0.05, 0.1) is 24.2 Å². The molecule has 0 unspecified atom stereocenters. The summed E-state index contributed by atoms with van der Waals surface area (Å²) in [7, 11) is -7.37. The van der Waals surface area contributed by atoms with Gasteiger partial charge in [-0.15, -0.1) is 0 Å². The summed E-state index contributed by atoms with van der Waals surface area (Å²) in [6, 6.07) is 6.09. The van der Waals surface area contributed by atoms with Gasteiger partial charge in [-0.3, -0.25) is 4.18 Å². The molecule has 10 heteroatoms. The quantitative estimate of drug-likeness (QED) is 0.606. The van der Waals surface area contributed by atoms with Gasteiger partial charge in [0.15, 0.2) is 0 Å². The first-order valence-corrected chi connectivity index (χ1v) is 11.9. The van der Waals surface area contributed by atoms with E-state index in [-0.39, 0.29) is 30.3 Å². The number of ether oxygens (including phenoxy) is 1. The third-order valence-corrected chi connectivity index (χ3v) is 7.57. The van der Waals surface area contributed by atoms with E-state index in [9.17, 15) is 16.8 Å². The number of nitrogens with zero attached hydrogens (tertiary/aromatic N) is 1. The van der Waals surface area contributed by atoms with Gasteiger partial charge >= 0.3 is 0 Å². The first-order valence-electron chi connectivity index (χ1n) is 9.03. The lowest BCUT2D eigenvalue weighted by atomic mass is 10.1. The topological polar surface area (TPSA) is 102 Å². The minimum Gasteiger partial charge on any atom is -0.374 e. The first kappa shape index (κ1) is 22.3. The molecule has 2 atom stereocenters. The Morgan fingerprint density at radius 1 is 1.11 bits per heavy atom. The van der Waals surface area contributed by atoms with Gasteiger partial charge in [-0.25, -0.2) is 0 Å². The highest BCUT2D eigenvalue weighted by Gasteiger charge is 2.29. The predicted molar refractivity (Wildman–Crippen MR) is 102 cm³/mol. The summed E-state index contributed by atoms with van der Waals surface area (Å²) in [6.07, 6.45) is 0.674. The van der Waals surface area contributed by atoms with Crippen LogP contribution in [0.3, 0.4) is 0 Å². The fraction of sp³-hybridized carbons (Fsp3) is 0.647. The summed E-state index contributed by atoms with van der Waals surface area (Å²) >= 11 is 0. The average molecular weight is 421 g/mol. The van der Waals surface area contributed by atoms with Gasteiger partial charge < -0.3 is 4.74 Å². The van der Waals surface area contributed by atoms with Crippen molar-refractivity contribution in [2.75, 3.05) is 26.3 Å². The molecule has 0 bridgehead atoms. The highest BCUT2D eigenvalue weighted by atomic mass is 32.2. The van der Waals surface area contributed by atoms with Gasteiger partial charge in [-0.2, -0.15) is 25.9 Å². The van der Waals surface area contributed by atoms with Gasteiger partial charge in [0.1, 0.15) is 0 Å². The maximum Gasteiger partial charge on any atom is 0.297 e. The molecule has 0 saturated carbocycles. The van der Waals surface area contributed by atoms with Gasteiger partial charge in [0, 0.05) is 19.1 Å². The Balaban J connectivity index is 1.83. The second-order valence-electron chi connectivity index (χ2n) is 6.49. The van der Waals surface area contributed by atoms with Crippen molar-refractivity contribution in [3.8, 4) is 0 Å². The van der Waals surface area contributed by atoms with E-state index in [2.05, 4.69) is 4.72 Å². The smallest absolute Gasteiger partial charge is 0.297 e. The summed E-state index contributed by atoms with van der Waals surface area (Å²) in [5, 5.41) is 0. The van der Waals surface area contributed by atoms with Crippen LogP contribution in [0, 0.1) is 6.92 Å². The van der Waals surface area contributed by atoms with Crippen molar-refractivity contribution < 1.29 is 25.8 Å². The fourth-order valence-corrected chi connectivity index (χ4v) is 5.19. The molecule has 1 fully saturated rings. The van der Waals surface area contributed by atoms with Crippen LogP contribution in [0.5, 0.6) is 0 Å². The largest absolute Gasteiger partial charge is 0.374 e. The van der Waals surface area contributed by atoms with Gasteiger partial charge in [0.2, 0.25) is 0 Å². The first-order chi connectivity index (χ1) is 12.7. The molecule has 0 radical (unpaired) electrons. The number of hydrogen-bond donors (Lipinski definition) is 1. The molecule has 154 valence electrons. The van der Waals surface area contributed by atoms with Gasteiger partial charge in [-0.05, 0) is 31.9 Å². The summed E-state index contributed by atoms with van der Waals surface area (Å²) in [5.74, 6) is 0. The molecular formula is C17H28N2O6S2. The van der Waals surface area contributed by atoms with Crippen LogP contribution in [0.4, 0.5) is 0 Å². The normalized spacial score (nSPS) is 21.5. The molecule has 8 nitrogen and oxygen atoms in total. The zero-order valence-corrected chi connectivity index (χ0v) is 17.6. The molecule has 1 aromatic rings. The monoisotopic (exact) mass is 420 g/mol. The minimum absolute atomic E-state index is 0.0915. The maximum absolute atomic E-state index is 12.2. The van der Waals surface area contributed by atoms with Crippen LogP contribution in [0.15, 0.2) is 29.2 Å². The second-order valence-corrected chi connectivity index (χ2v) is 9.81. The van der Waals surface area contributed by atoms with Crippen LogP contribution in [0.25, 0.3) is 0 Å². The zero-order chi connectivity index (χ0) is 20.1. The Hall–Kier alpha value is -1.04. The molecule has 0 spiro atoms. The minimum atomic E-state index is -3.83. The zero-order valence-electron chi connectivity index (χ0n) is 15.9. The molecule has 1 aliphatic heterocycles. The Kier molecular flexibility index (Phi) is 7.78. The molecule has 0 amide bonds. The molecular weight excluding hydrogens is 392 g/mol. The Labute approximate surface area is 162 Å². The number of rotatable bonds is 9. The average Bonchev–Trinajstić information content (AvgIpc) is 2.62. The molecule has 1 heterocycles. The molecule has 2 rings (SSSR count). The molecule has 0 aromatic heterocycles. The lowest BCUT2D eigenvalue weighted by Crippen LogP contribution is -2.49.